The highest BCUT2D eigenvalue weighted by Crippen LogP contribution is 2.23. The summed E-state index contributed by atoms with van der Waals surface area (Å²) >= 11 is 0. The van der Waals surface area contributed by atoms with Gasteiger partial charge in [-0.05, 0) is 29.2 Å². The first-order valence-electron chi connectivity index (χ1n) is 12.9. The number of hydrogen-bond acceptors (Lipinski definition) is 7. The summed E-state index contributed by atoms with van der Waals surface area (Å²) in [6.45, 7) is 0.649. The van der Waals surface area contributed by atoms with Gasteiger partial charge >= 0.3 is 5.69 Å². The fraction of sp³-hybridized carbons (Fsp3) is 0.310. The first kappa shape index (κ1) is 28.8. The predicted molar refractivity (Wildman–Crippen MR) is 144 cm³/mol. The van der Waals surface area contributed by atoms with Crippen LogP contribution in [0.2, 0.25) is 0 Å². The number of nitrogens with one attached hydrogen (secondary N) is 2. The van der Waals surface area contributed by atoms with Gasteiger partial charge in [0.15, 0.2) is 0 Å². The largest absolute Gasteiger partial charge is 0.391 e. The predicted octanol–water partition coefficient (Wildman–Crippen LogP) is 2.25. The summed E-state index contributed by atoms with van der Waals surface area (Å²) in [5.74, 6) is -2.12. The van der Waals surface area contributed by atoms with Crippen molar-refractivity contribution in [3.8, 4) is 0 Å². The maximum Gasteiger partial charge on any atom is 0.305 e. The van der Waals surface area contributed by atoms with Crippen molar-refractivity contribution >= 4 is 17.5 Å². The van der Waals surface area contributed by atoms with Crippen molar-refractivity contribution in [1.82, 2.24) is 15.5 Å². The molecule has 4 N–H and O–H groups in total. The summed E-state index contributed by atoms with van der Waals surface area (Å²) in [7, 11) is 0. The number of nitro benzene ring substituents is 1. The lowest BCUT2D eigenvalue weighted by Gasteiger charge is -2.28. The van der Waals surface area contributed by atoms with Crippen LogP contribution in [-0.4, -0.2) is 63.1 Å². The summed E-state index contributed by atoms with van der Waals surface area (Å²) in [4.78, 5) is 38.7. The van der Waals surface area contributed by atoms with E-state index in [1.165, 1.54) is 6.07 Å². The summed E-state index contributed by atoms with van der Waals surface area (Å²) in [5, 5.41) is 37.5. The van der Waals surface area contributed by atoms with E-state index in [1.54, 1.807) is 12.1 Å². The summed E-state index contributed by atoms with van der Waals surface area (Å²) in [6, 6.07) is 19.7. The summed E-state index contributed by atoms with van der Waals surface area (Å²) in [5.41, 5.74) is 1.05. The highest BCUT2D eigenvalue weighted by Gasteiger charge is 2.39. The number of amides is 2. The molecule has 0 aromatic heterocycles. The van der Waals surface area contributed by atoms with E-state index >= 15 is 0 Å². The highest BCUT2D eigenvalue weighted by molar-refractivity contribution is 5.90. The number of aliphatic hydroxyl groups is 2. The molecule has 4 rings (SSSR count). The van der Waals surface area contributed by atoms with Crippen LogP contribution in [0.15, 0.2) is 78.9 Å². The third kappa shape index (κ3) is 7.26. The lowest BCUT2D eigenvalue weighted by atomic mass is 10.0. The Labute approximate surface area is 230 Å². The van der Waals surface area contributed by atoms with E-state index in [9.17, 15) is 34.3 Å². The highest BCUT2D eigenvalue weighted by atomic mass is 19.1. The number of aliphatic hydroxyl groups excluding tert-OH is 2. The molecule has 210 valence electrons. The molecule has 0 unspecified atom stereocenters. The van der Waals surface area contributed by atoms with Crippen LogP contribution in [-0.2, 0) is 22.6 Å². The van der Waals surface area contributed by atoms with Crippen LogP contribution in [0.25, 0.3) is 0 Å². The Morgan fingerprint density at radius 1 is 1.05 bits per heavy atom. The van der Waals surface area contributed by atoms with Gasteiger partial charge in [0, 0.05) is 32.1 Å². The Morgan fingerprint density at radius 3 is 2.35 bits per heavy atom. The molecule has 1 fully saturated rings. The second kappa shape index (κ2) is 13.2. The zero-order valence-corrected chi connectivity index (χ0v) is 21.7. The molecule has 0 radical (unpaired) electrons. The zero-order valence-electron chi connectivity index (χ0n) is 21.7. The molecule has 1 saturated heterocycles. The molecule has 1 aliphatic heterocycles. The minimum atomic E-state index is -1.35. The van der Waals surface area contributed by atoms with Crippen molar-refractivity contribution in [1.29, 1.82) is 0 Å². The van der Waals surface area contributed by atoms with Gasteiger partial charge in [-0.3, -0.25) is 24.6 Å². The van der Waals surface area contributed by atoms with Gasteiger partial charge in [-0.1, -0.05) is 66.7 Å². The third-order valence-electron chi connectivity index (χ3n) is 6.90. The summed E-state index contributed by atoms with van der Waals surface area (Å²) in [6.07, 6.45) is -1.69. The van der Waals surface area contributed by atoms with Crippen molar-refractivity contribution < 1.29 is 29.1 Å². The van der Waals surface area contributed by atoms with Crippen molar-refractivity contribution in [3.05, 3.63) is 111 Å². The number of nitrogens with zero attached hydrogens (tertiary/aromatic N) is 2. The molecule has 11 heteroatoms. The van der Waals surface area contributed by atoms with E-state index in [2.05, 4.69) is 10.6 Å². The first-order chi connectivity index (χ1) is 19.2. The Bertz CT molecular complexity index is 1330. The van der Waals surface area contributed by atoms with Gasteiger partial charge in [0.05, 0.1) is 17.1 Å². The molecule has 10 nitrogen and oxygen atoms in total. The van der Waals surface area contributed by atoms with Crippen molar-refractivity contribution in [3.63, 3.8) is 0 Å². The number of nitro groups is 1. The molecule has 0 aliphatic carbocycles. The second-order valence-electron chi connectivity index (χ2n) is 9.74. The fourth-order valence-electron chi connectivity index (χ4n) is 4.81. The zero-order chi connectivity index (χ0) is 28.6. The second-order valence-corrected chi connectivity index (χ2v) is 9.74. The first-order valence-corrected chi connectivity index (χ1v) is 12.9. The molecule has 1 heterocycles. The molecular weight excluding hydrogens is 519 g/mol. The maximum atomic E-state index is 13.7. The molecule has 4 atom stereocenters. The lowest BCUT2D eigenvalue weighted by Crippen LogP contribution is -2.55. The average Bonchev–Trinajstić information content (AvgIpc) is 3.31. The molecule has 3 aromatic rings. The van der Waals surface area contributed by atoms with Crippen LogP contribution < -0.4 is 10.6 Å². The number of hydrogen-bond donors (Lipinski definition) is 4. The average molecular weight is 551 g/mol. The van der Waals surface area contributed by atoms with Gasteiger partial charge < -0.3 is 20.8 Å². The number of carbonyl (C=O) groups is 2. The van der Waals surface area contributed by atoms with E-state index in [-0.39, 0.29) is 18.5 Å². The maximum absolute atomic E-state index is 13.7. The Balaban J connectivity index is 1.46. The summed E-state index contributed by atoms with van der Waals surface area (Å²) < 4.78 is 13.7. The minimum Gasteiger partial charge on any atom is -0.391 e. The third-order valence-corrected chi connectivity index (χ3v) is 6.90. The number of benzene rings is 3. The molecular formula is C29H31FN4O6. The number of halogens is 1. The SMILES string of the molecule is O=C(NC[C@@H](O)c1ccc(F)c([N+](=O)[O-])c1)[C@H](Cc1ccccc1)NC(=O)[C@@H]1[C@@H](O)CCN1Cc1ccccc1. The molecule has 3 aromatic carbocycles. The Morgan fingerprint density at radius 2 is 1.70 bits per heavy atom. The normalized spacial score (nSPS) is 18.6. The van der Waals surface area contributed by atoms with Crippen molar-refractivity contribution in [2.24, 2.45) is 0 Å². The molecule has 1 aliphatic rings. The van der Waals surface area contributed by atoms with Crippen LogP contribution in [0.5, 0.6) is 0 Å². The molecule has 0 saturated carbocycles. The van der Waals surface area contributed by atoms with Gasteiger partial charge in [0.1, 0.15) is 12.1 Å². The quantitative estimate of drug-likeness (QED) is 0.212. The fourth-order valence-corrected chi connectivity index (χ4v) is 4.81. The number of carbonyl (C=O) groups excluding carboxylic acids is 2. The molecule has 0 spiro atoms. The van der Waals surface area contributed by atoms with Crippen LogP contribution >= 0.6 is 0 Å². The smallest absolute Gasteiger partial charge is 0.305 e. The lowest BCUT2D eigenvalue weighted by molar-refractivity contribution is -0.387. The molecule has 40 heavy (non-hydrogen) atoms. The van der Waals surface area contributed by atoms with Gasteiger partial charge in [-0.2, -0.15) is 4.39 Å². The van der Waals surface area contributed by atoms with Crippen LogP contribution in [0.4, 0.5) is 10.1 Å². The van der Waals surface area contributed by atoms with Gasteiger partial charge in [0.2, 0.25) is 17.6 Å². The standard InChI is InChI=1S/C29H31FN4O6/c30-22-12-11-21(16-24(22)34(39)40)26(36)17-31-28(37)23(15-19-7-3-1-4-8-19)32-29(38)27-25(35)13-14-33(27)18-20-9-5-2-6-10-20/h1-12,16,23,25-27,35-36H,13-15,17-18H2,(H,31,37)(H,32,38)/t23-,25-,26+,27-/m0/s1. The van der Waals surface area contributed by atoms with Crippen LogP contribution in [0.3, 0.4) is 0 Å². The van der Waals surface area contributed by atoms with Gasteiger partial charge in [-0.15, -0.1) is 0 Å². The van der Waals surface area contributed by atoms with Crippen molar-refractivity contribution in [2.75, 3.05) is 13.1 Å². The van der Waals surface area contributed by atoms with Crippen LogP contribution in [0.1, 0.15) is 29.2 Å². The monoisotopic (exact) mass is 550 g/mol. The van der Waals surface area contributed by atoms with Gasteiger partial charge in [0.25, 0.3) is 0 Å². The molecule has 2 amide bonds. The number of likely N-dealkylation sites (tertiary alicyclic amines) is 1. The number of rotatable bonds is 11. The van der Waals surface area contributed by atoms with E-state index in [0.29, 0.717) is 19.5 Å². The van der Waals surface area contributed by atoms with E-state index < -0.39 is 52.5 Å². The van der Waals surface area contributed by atoms with E-state index in [4.69, 9.17) is 0 Å². The minimum absolute atomic E-state index is 0.0580. The van der Waals surface area contributed by atoms with Gasteiger partial charge in [-0.25, -0.2) is 0 Å². The Hall–Kier alpha value is -4.19. The Kier molecular flexibility index (Phi) is 9.54. The van der Waals surface area contributed by atoms with Crippen molar-refractivity contribution in [2.45, 2.75) is 43.7 Å². The topological polar surface area (TPSA) is 145 Å². The van der Waals surface area contributed by atoms with Crippen LogP contribution in [0, 0.1) is 15.9 Å². The van der Waals surface area contributed by atoms with E-state index in [1.807, 2.05) is 53.4 Å². The van der Waals surface area contributed by atoms with E-state index in [0.717, 1.165) is 23.3 Å². The molecule has 0 bridgehead atoms.